The standard InChI is InChI=1S/C13H9ClN4O3S3/c14-11-10(5-6-22-11)12(19)16-8-1-3-9(4-2-8)24(20,21)18-13-17-15-7-23-13/h1-7H,(H,16,19)(H,17,18). The number of carbonyl (C=O) groups excluding carboxylic acids is 1. The summed E-state index contributed by atoms with van der Waals surface area (Å²) in [5.41, 5.74) is 2.25. The van der Waals surface area contributed by atoms with E-state index in [9.17, 15) is 13.2 Å². The number of halogens is 1. The number of anilines is 2. The van der Waals surface area contributed by atoms with E-state index in [1.165, 1.54) is 41.1 Å². The molecule has 3 rings (SSSR count). The zero-order valence-electron chi connectivity index (χ0n) is 11.8. The Morgan fingerprint density at radius 1 is 1.12 bits per heavy atom. The van der Waals surface area contributed by atoms with Crippen molar-refractivity contribution in [3.63, 3.8) is 0 Å². The second-order valence-corrected chi connectivity index (χ2v) is 8.47. The van der Waals surface area contributed by atoms with Crippen molar-refractivity contribution in [3.05, 3.63) is 51.1 Å². The van der Waals surface area contributed by atoms with E-state index >= 15 is 0 Å². The van der Waals surface area contributed by atoms with Gasteiger partial charge in [0, 0.05) is 5.69 Å². The highest BCUT2D eigenvalue weighted by atomic mass is 35.5. The Morgan fingerprint density at radius 2 is 1.88 bits per heavy atom. The lowest BCUT2D eigenvalue weighted by molar-refractivity contribution is 0.102. The minimum Gasteiger partial charge on any atom is -0.322 e. The maximum Gasteiger partial charge on any atom is 0.263 e. The number of benzene rings is 1. The van der Waals surface area contributed by atoms with Gasteiger partial charge in [0.1, 0.15) is 9.85 Å². The van der Waals surface area contributed by atoms with Gasteiger partial charge in [-0.25, -0.2) is 8.42 Å². The predicted octanol–water partition coefficient (Wildman–Crippen LogP) is 3.31. The van der Waals surface area contributed by atoms with Crippen LogP contribution in [-0.2, 0) is 10.0 Å². The molecule has 0 aliphatic heterocycles. The van der Waals surface area contributed by atoms with Crippen LogP contribution in [0.4, 0.5) is 10.8 Å². The first-order valence-corrected chi connectivity index (χ1v) is 10.0. The van der Waals surface area contributed by atoms with Gasteiger partial charge in [0.2, 0.25) is 5.13 Å². The molecule has 0 atom stereocenters. The van der Waals surface area contributed by atoms with E-state index in [-0.39, 0.29) is 15.9 Å². The Kier molecular flexibility index (Phi) is 4.81. The van der Waals surface area contributed by atoms with Crippen molar-refractivity contribution >= 4 is 61.0 Å². The van der Waals surface area contributed by atoms with E-state index in [1.54, 1.807) is 11.4 Å². The van der Waals surface area contributed by atoms with Crippen molar-refractivity contribution < 1.29 is 13.2 Å². The number of hydrogen-bond acceptors (Lipinski definition) is 7. The number of rotatable bonds is 5. The molecule has 0 fully saturated rings. The number of nitrogens with one attached hydrogen (secondary N) is 2. The predicted molar refractivity (Wildman–Crippen MR) is 94.4 cm³/mol. The normalized spacial score (nSPS) is 11.2. The quantitative estimate of drug-likeness (QED) is 0.684. The fourth-order valence-electron chi connectivity index (χ4n) is 1.76. The van der Waals surface area contributed by atoms with Crippen LogP contribution in [0.5, 0.6) is 0 Å². The lowest BCUT2D eigenvalue weighted by atomic mass is 10.3. The van der Waals surface area contributed by atoms with Crippen LogP contribution in [0.1, 0.15) is 10.4 Å². The summed E-state index contributed by atoms with van der Waals surface area (Å²) in [6.45, 7) is 0. The summed E-state index contributed by atoms with van der Waals surface area (Å²) in [5.74, 6) is -0.358. The van der Waals surface area contributed by atoms with Gasteiger partial charge >= 0.3 is 0 Å². The van der Waals surface area contributed by atoms with Gasteiger partial charge in [-0.2, -0.15) is 0 Å². The van der Waals surface area contributed by atoms with E-state index in [2.05, 4.69) is 20.2 Å². The summed E-state index contributed by atoms with van der Waals surface area (Å²) in [6.07, 6.45) is 0. The van der Waals surface area contributed by atoms with E-state index in [1.807, 2.05) is 0 Å². The lowest BCUT2D eigenvalue weighted by Gasteiger charge is -2.07. The van der Waals surface area contributed by atoms with Crippen LogP contribution in [-0.4, -0.2) is 24.5 Å². The largest absolute Gasteiger partial charge is 0.322 e. The van der Waals surface area contributed by atoms with E-state index < -0.39 is 10.0 Å². The van der Waals surface area contributed by atoms with Crippen LogP contribution >= 0.6 is 34.3 Å². The average molecular weight is 401 g/mol. The number of thiophene rings is 1. The molecule has 0 radical (unpaired) electrons. The third kappa shape index (κ3) is 3.73. The highest BCUT2D eigenvalue weighted by Gasteiger charge is 2.16. The molecule has 0 spiro atoms. The van der Waals surface area contributed by atoms with Crippen LogP contribution in [0, 0.1) is 0 Å². The van der Waals surface area contributed by atoms with Gasteiger partial charge in [-0.1, -0.05) is 22.9 Å². The summed E-state index contributed by atoms with van der Waals surface area (Å²) < 4.78 is 27.1. The fraction of sp³-hybridized carbons (Fsp3) is 0. The highest BCUT2D eigenvalue weighted by Crippen LogP contribution is 2.24. The average Bonchev–Trinajstić information content (AvgIpc) is 3.19. The molecule has 0 bridgehead atoms. The summed E-state index contributed by atoms with van der Waals surface area (Å²) >= 11 is 8.25. The Bertz CT molecular complexity index is 953. The molecular formula is C13H9ClN4O3S3. The topological polar surface area (TPSA) is 101 Å². The maximum absolute atomic E-state index is 12.2. The van der Waals surface area contributed by atoms with Gasteiger partial charge in [-0.15, -0.1) is 21.5 Å². The third-order valence-electron chi connectivity index (χ3n) is 2.87. The van der Waals surface area contributed by atoms with E-state index in [0.717, 1.165) is 11.3 Å². The molecule has 7 nitrogen and oxygen atoms in total. The molecule has 1 amide bonds. The van der Waals surface area contributed by atoms with Crippen LogP contribution in [0.2, 0.25) is 4.34 Å². The molecule has 0 unspecified atom stereocenters. The SMILES string of the molecule is O=C(Nc1ccc(S(=O)(=O)Nc2nncs2)cc1)c1ccsc1Cl. The van der Waals surface area contributed by atoms with Crippen molar-refractivity contribution in [1.29, 1.82) is 0 Å². The van der Waals surface area contributed by atoms with Crippen LogP contribution in [0.3, 0.4) is 0 Å². The number of aromatic nitrogens is 2. The Balaban J connectivity index is 1.73. The molecule has 2 N–H and O–H groups in total. The molecule has 3 aromatic rings. The van der Waals surface area contributed by atoms with Crippen molar-refractivity contribution in [1.82, 2.24) is 10.2 Å². The molecule has 0 aliphatic rings. The first kappa shape index (κ1) is 16.8. The fourth-order valence-corrected chi connectivity index (χ4v) is 4.37. The van der Waals surface area contributed by atoms with Gasteiger partial charge in [-0.3, -0.25) is 9.52 Å². The second kappa shape index (κ2) is 6.85. The molecule has 0 saturated heterocycles. The zero-order valence-corrected chi connectivity index (χ0v) is 15.0. The van der Waals surface area contributed by atoms with E-state index in [4.69, 9.17) is 11.6 Å². The van der Waals surface area contributed by atoms with Gasteiger partial charge < -0.3 is 5.32 Å². The maximum atomic E-state index is 12.2. The Morgan fingerprint density at radius 3 is 2.46 bits per heavy atom. The molecule has 0 saturated carbocycles. The number of carbonyl (C=O) groups is 1. The molecule has 24 heavy (non-hydrogen) atoms. The highest BCUT2D eigenvalue weighted by molar-refractivity contribution is 7.93. The summed E-state index contributed by atoms with van der Waals surface area (Å²) in [5, 5.41) is 11.7. The number of amides is 1. The summed E-state index contributed by atoms with van der Waals surface area (Å²) in [7, 11) is -3.75. The zero-order chi connectivity index (χ0) is 17.2. The molecule has 1 aromatic carbocycles. The van der Waals surface area contributed by atoms with Gasteiger partial charge in [0.25, 0.3) is 15.9 Å². The van der Waals surface area contributed by atoms with Crippen molar-refractivity contribution in [2.24, 2.45) is 0 Å². The molecule has 0 aliphatic carbocycles. The number of nitrogens with zero attached hydrogens (tertiary/aromatic N) is 2. The number of hydrogen-bond donors (Lipinski definition) is 2. The molecule has 124 valence electrons. The summed E-state index contributed by atoms with van der Waals surface area (Å²) in [6, 6.07) is 7.37. The molecule has 2 aromatic heterocycles. The molecular weight excluding hydrogens is 392 g/mol. The minimum atomic E-state index is -3.75. The van der Waals surface area contributed by atoms with Crippen molar-refractivity contribution in [2.45, 2.75) is 4.90 Å². The van der Waals surface area contributed by atoms with Crippen LogP contribution in [0.15, 0.2) is 46.1 Å². The van der Waals surface area contributed by atoms with Crippen molar-refractivity contribution in [3.8, 4) is 0 Å². The van der Waals surface area contributed by atoms with Crippen LogP contribution < -0.4 is 10.0 Å². The minimum absolute atomic E-state index is 0.0456. The first-order chi connectivity index (χ1) is 11.5. The Hall–Kier alpha value is -2.01. The van der Waals surface area contributed by atoms with Crippen LogP contribution in [0.25, 0.3) is 0 Å². The van der Waals surface area contributed by atoms with Crippen molar-refractivity contribution in [2.75, 3.05) is 10.0 Å². The smallest absolute Gasteiger partial charge is 0.263 e. The monoisotopic (exact) mass is 400 g/mol. The number of sulfonamides is 1. The Labute approximate surface area is 150 Å². The van der Waals surface area contributed by atoms with Gasteiger partial charge in [0.15, 0.2) is 0 Å². The lowest BCUT2D eigenvalue weighted by Crippen LogP contribution is -2.14. The second-order valence-electron chi connectivity index (χ2n) is 4.44. The third-order valence-corrected chi connectivity index (χ3v) is 6.13. The van der Waals surface area contributed by atoms with Gasteiger partial charge in [0.05, 0.1) is 10.5 Å². The molecule has 11 heteroatoms. The van der Waals surface area contributed by atoms with Gasteiger partial charge in [-0.05, 0) is 35.7 Å². The summed E-state index contributed by atoms with van der Waals surface area (Å²) in [4.78, 5) is 12.1. The molecule has 2 heterocycles. The van der Waals surface area contributed by atoms with E-state index in [0.29, 0.717) is 15.6 Å². The first-order valence-electron chi connectivity index (χ1n) is 6.39.